The number of nitrogens with zero attached hydrogens (tertiary/aromatic N) is 2. The van der Waals surface area contributed by atoms with Crippen molar-refractivity contribution in [2.45, 2.75) is 76.8 Å². The van der Waals surface area contributed by atoms with Crippen LogP contribution in [0.3, 0.4) is 0 Å². The molecule has 1 N–H and O–H groups in total. The number of ether oxygens (including phenoxy) is 2. The van der Waals surface area contributed by atoms with Gasteiger partial charge in [0, 0.05) is 18.6 Å². The Morgan fingerprint density at radius 2 is 1.62 bits per heavy atom. The maximum absolute atomic E-state index is 14.7. The van der Waals surface area contributed by atoms with Crippen LogP contribution in [0.25, 0.3) is 0 Å². The van der Waals surface area contributed by atoms with E-state index in [1.165, 1.54) is 48.5 Å². The van der Waals surface area contributed by atoms with Crippen LogP contribution in [0.4, 0.5) is 24.1 Å². The summed E-state index contributed by atoms with van der Waals surface area (Å²) in [6.45, 7) is 7.77. The molecule has 12 nitrogen and oxygen atoms in total. The standard InChI is InChI=1S/C24H33F2N3O9S/c1-15(17-12-16(29(33)34)8-9-18(17)26)13-39(35,36)24(14-25,10-11-30)19(27)28(20(31)37-22(2,3)4)21(32)38-23(5,6)7/h8-9,11-12,15,27H,10,13-14H2,1-7H3/t15-,24?/m1/s1. The third kappa shape index (κ3) is 8.25. The SMILES string of the molecule is C[C@H](CS(=O)(=O)C(CF)(CC=O)C(=N)N(C(=O)OC(C)(C)C)C(=O)OC(C)(C)C)c1cc([N+](=O)[O-])ccc1F. The zero-order valence-corrected chi connectivity index (χ0v) is 23.6. The highest BCUT2D eigenvalue weighted by Crippen LogP contribution is 2.33. The van der Waals surface area contributed by atoms with Gasteiger partial charge in [0.25, 0.3) is 5.69 Å². The van der Waals surface area contributed by atoms with Gasteiger partial charge >= 0.3 is 12.2 Å². The predicted octanol–water partition coefficient (Wildman–Crippen LogP) is 4.70. The first-order valence-corrected chi connectivity index (χ1v) is 13.3. The number of halogens is 2. The highest BCUT2D eigenvalue weighted by atomic mass is 32.2. The minimum Gasteiger partial charge on any atom is -0.443 e. The Morgan fingerprint density at radius 3 is 2.00 bits per heavy atom. The van der Waals surface area contributed by atoms with Gasteiger partial charge in [-0.1, -0.05) is 6.92 Å². The van der Waals surface area contributed by atoms with Crippen LogP contribution in [-0.2, 0) is 24.1 Å². The smallest absolute Gasteiger partial charge is 0.425 e. The van der Waals surface area contributed by atoms with E-state index in [4.69, 9.17) is 14.9 Å². The van der Waals surface area contributed by atoms with E-state index in [2.05, 4.69) is 0 Å². The number of imide groups is 1. The average Bonchev–Trinajstić information content (AvgIpc) is 2.74. The van der Waals surface area contributed by atoms with Crippen LogP contribution in [0, 0.1) is 21.3 Å². The number of nitro benzene ring substituents is 1. The number of carbonyl (C=O) groups is 3. The van der Waals surface area contributed by atoms with Gasteiger partial charge in [0.1, 0.15) is 35.8 Å². The van der Waals surface area contributed by atoms with Gasteiger partial charge in [0.15, 0.2) is 14.6 Å². The van der Waals surface area contributed by atoms with Crippen molar-refractivity contribution in [2.24, 2.45) is 0 Å². The Kier molecular flexibility index (Phi) is 10.4. The second-order valence-electron chi connectivity index (χ2n) is 10.8. The molecular formula is C24H33F2N3O9S. The maximum Gasteiger partial charge on any atom is 0.425 e. The maximum atomic E-state index is 14.7. The number of carbonyl (C=O) groups excluding carboxylic acids is 3. The Labute approximate surface area is 225 Å². The number of sulfone groups is 1. The first kappa shape index (κ1) is 33.5. The molecule has 0 aliphatic heterocycles. The molecule has 1 aromatic rings. The number of nitrogens with one attached hydrogen (secondary N) is 1. The van der Waals surface area contributed by atoms with Crippen LogP contribution in [0.5, 0.6) is 0 Å². The summed E-state index contributed by atoms with van der Waals surface area (Å²) in [7, 11) is -5.02. The van der Waals surface area contributed by atoms with Crippen molar-refractivity contribution in [3.05, 3.63) is 39.7 Å². The summed E-state index contributed by atoms with van der Waals surface area (Å²) in [6.07, 6.45) is -4.32. The molecule has 1 unspecified atom stereocenters. The topological polar surface area (TPSA) is 174 Å². The average molecular weight is 578 g/mol. The van der Waals surface area contributed by atoms with Gasteiger partial charge in [0.05, 0.1) is 10.7 Å². The fourth-order valence-electron chi connectivity index (χ4n) is 3.38. The molecule has 0 fully saturated rings. The molecule has 39 heavy (non-hydrogen) atoms. The van der Waals surface area contributed by atoms with Crippen molar-refractivity contribution < 1.29 is 46.0 Å². The summed E-state index contributed by atoms with van der Waals surface area (Å²) in [4.78, 5) is 47.7. The van der Waals surface area contributed by atoms with E-state index in [1.807, 2.05) is 0 Å². The van der Waals surface area contributed by atoms with Gasteiger partial charge < -0.3 is 14.3 Å². The third-order valence-electron chi connectivity index (χ3n) is 5.22. The molecular weight excluding hydrogens is 544 g/mol. The van der Waals surface area contributed by atoms with Crippen LogP contribution in [-0.4, -0.2) is 70.9 Å². The Bertz CT molecular complexity index is 1210. The molecule has 0 saturated heterocycles. The molecule has 0 aliphatic carbocycles. The Hall–Kier alpha value is -3.49. The van der Waals surface area contributed by atoms with Crippen LogP contribution >= 0.6 is 0 Å². The molecule has 0 radical (unpaired) electrons. The van der Waals surface area contributed by atoms with Crippen LogP contribution in [0.2, 0.25) is 0 Å². The highest BCUT2D eigenvalue weighted by Gasteiger charge is 2.54. The van der Waals surface area contributed by atoms with Crippen molar-refractivity contribution >= 4 is 39.8 Å². The third-order valence-corrected chi connectivity index (χ3v) is 7.82. The number of hydrogen-bond donors (Lipinski definition) is 1. The monoisotopic (exact) mass is 577 g/mol. The number of rotatable bonds is 9. The molecule has 0 aromatic heterocycles. The van der Waals surface area contributed by atoms with Crippen molar-refractivity contribution in [1.29, 1.82) is 5.41 Å². The highest BCUT2D eigenvalue weighted by molar-refractivity contribution is 7.93. The summed E-state index contributed by atoms with van der Waals surface area (Å²) in [5, 5.41) is 19.7. The Morgan fingerprint density at radius 1 is 1.13 bits per heavy atom. The van der Waals surface area contributed by atoms with Gasteiger partial charge in [-0.25, -0.2) is 26.8 Å². The normalized spacial score (nSPS) is 14.5. The second-order valence-corrected chi connectivity index (χ2v) is 13.1. The summed E-state index contributed by atoms with van der Waals surface area (Å²) in [5.74, 6) is -4.88. The summed E-state index contributed by atoms with van der Waals surface area (Å²) >= 11 is 0. The number of benzene rings is 1. The summed E-state index contributed by atoms with van der Waals surface area (Å²) < 4.78 is 63.6. The van der Waals surface area contributed by atoms with Gasteiger partial charge in [-0.3, -0.25) is 15.5 Å². The van der Waals surface area contributed by atoms with E-state index < -0.39 is 90.6 Å². The van der Waals surface area contributed by atoms with E-state index in [0.29, 0.717) is 0 Å². The van der Waals surface area contributed by atoms with Gasteiger partial charge in [-0.15, -0.1) is 0 Å². The lowest BCUT2D eigenvalue weighted by Crippen LogP contribution is -2.60. The van der Waals surface area contributed by atoms with Crippen LogP contribution in [0.15, 0.2) is 18.2 Å². The van der Waals surface area contributed by atoms with E-state index >= 15 is 0 Å². The summed E-state index contributed by atoms with van der Waals surface area (Å²) in [5.41, 5.74) is -3.41. The lowest BCUT2D eigenvalue weighted by atomic mass is 10.0. The zero-order valence-electron chi connectivity index (χ0n) is 22.7. The number of alkyl halides is 1. The number of non-ortho nitro benzene ring substituents is 1. The fraction of sp³-hybridized carbons (Fsp3) is 0.583. The molecule has 2 atom stereocenters. The first-order chi connectivity index (χ1) is 17.6. The van der Waals surface area contributed by atoms with Crippen LogP contribution < -0.4 is 0 Å². The molecule has 0 saturated carbocycles. The van der Waals surface area contributed by atoms with Crippen LogP contribution in [0.1, 0.15) is 66.4 Å². The lowest BCUT2D eigenvalue weighted by Gasteiger charge is -2.36. The van der Waals surface area contributed by atoms with Gasteiger partial charge in [0.2, 0.25) is 0 Å². The van der Waals surface area contributed by atoms with Gasteiger partial charge in [-0.2, -0.15) is 4.90 Å². The zero-order chi connectivity index (χ0) is 30.6. The number of nitro groups is 1. The van der Waals surface area contributed by atoms with Crippen molar-refractivity contribution in [3.8, 4) is 0 Å². The van der Waals surface area contributed by atoms with Crippen molar-refractivity contribution in [3.63, 3.8) is 0 Å². The van der Waals surface area contributed by atoms with Crippen molar-refractivity contribution in [1.82, 2.24) is 4.90 Å². The molecule has 15 heteroatoms. The number of amides is 2. The number of aldehydes is 1. The molecule has 1 aromatic carbocycles. The number of amidine groups is 1. The number of hydrogen-bond acceptors (Lipinski definition) is 10. The molecule has 0 aliphatic rings. The van der Waals surface area contributed by atoms with E-state index in [9.17, 15) is 41.7 Å². The van der Waals surface area contributed by atoms with Gasteiger partial charge in [-0.05, 0) is 59.1 Å². The Balaban J connectivity index is 3.70. The molecule has 0 bridgehead atoms. The van der Waals surface area contributed by atoms with E-state index in [-0.39, 0.29) is 11.2 Å². The molecule has 2 amide bonds. The lowest BCUT2D eigenvalue weighted by molar-refractivity contribution is -0.385. The molecule has 218 valence electrons. The minimum atomic E-state index is -5.02. The predicted molar refractivity (Wildman–Crippen MR) is 137 cm³/mol. The largest absolute Gasteiger partial charge is 0.443 e. The van der Waals surface area contributed by atoms with E-state index in [1.54, 1.807) is 0 Å². The fourth-order valence-corrected chi connectivity index (χ4v) is 5.41. The molecule has 0 spiro atoms. The minimum absolute atomic E-state index is 0.00730. The van der Waals surface area contributed by atoms with Crippen molar-refractivity contribution in [2.75, 3.05) is 12.4 Å². The van der Waals surface area contributed by atoms with E-state index in [0.717, 1.165) is 18.2 Å². The quantitative estimate of drug-likeness (QED) is 0.143. The second kappa shape index (κ2) is 12.1. The molecule has 1 rings (SSSR count). The summed E-state index contributed by atoms with van der Waals surface area (Å²) in [6, 6.07) is 2.44. The first-order valence-electron chi connectivity index (χ1n) is 11.6. The molecule has 0 heterocycles.